The predicted molar refractivity (Wildman–Crippen MR) is 69.3 cm³/mol. The van der Waals surface area contributed by atoms with Crippen LogP contribution in [0, 0.1) is 5.41 Å². The highest BCUT2D eigenvalue weighted by Crippen LogP contribution is 2.20. The first kappa shape index (κ1) is 14.5. The van der Waals surface area contributed by atoms with Gasteiger partial charge in [0.1, 0.15) is 0 Å². The molecule has 5 heteroatoms. The molecular weight excluding hydrogens is 254 g/mol. The van der Waals surface area contributed by atoms with E-state index < -0.39 is 11.4 Å². The molecule has 0 spiro atoms. The number of carboxylic acid groups (broad SMARTS) is 1. The van der Waals surface area contributed by atoms with Crippen molar-refractivity contribution in [3.63, 3.8) is 0 Å². The van der Waals surface area contributed by atoms with Crippen molar-refractivity contribution in [3.05, 3.63) is 34.9 Å². The van der Waals surface area contributed by atoms with Crippen molar-refractivity contribution >= 4 is 23.5 Å². The minimum Gasteiger partial charge on any atom is -0.481 e. The van der Waals surface area contributed by atoms with E-state index in [2.05, 4.69) is 5.32 Å². The van der Waals surface area contributed by atoms with Gasteiger partial charge < -0.3 is 10.4 Å². The summed E-state index contributed by atoms with van der Waals surface area (Å²) in [5, 5.41) is 12.1. The molecule has 0 aromatic heterocycles. The maximum Gasteiger partial charge on any atom is 0.304 e. The first-order valence-electron chi connectivity index (χ1n) is 5.56. The van der Waals surface area contributed by atoms with Crippen LogP contribution < -0.4 is 5.32 Å². The van der Waals surface area contributed by atoms with E-state index in [0.717, 1.165) is 5.56 Å². The van der Waals surface area contributed by atoms with Crippen molar-refractivity contribution in [3.8, 4) is 0 Å². The van der Waals surface area contributed by atoms with Crippen molar-refractivity contribution < 1.29 is 14.7 Å². The molecule has 0 unspecified atom stereocenters. The molecular formula is C13H16ClNO3. The number of carboxylic acids is 1. The fourth-order valence-corrected chi connectivity index (χ4v) is 1.61. The molecule has 1 aromatic rings. The molecule has 98 valence electrons. The molecule has 0 saturated carbocycles. The van der Waals surface area contributed by atoms with Crippen molar-refractivity contribution in [1.29, 1.82) is 0 Å². The molecule has 0 fully saturated rings. The average Bonchev–Trinajstić information content (AvgIpc) is 2.26. The first-order valence-corrected chi connectivity index (χ1v) is 5.93. The second kappa shape index (κ2) is 5.87. The van der Waals surface area contributed by atoms with Crippen LogP contribution in [-0.2, 0) is 16.1 Å². The van der Waals surface area contributed by atoms with Gasteiger partial charge in [-0.1, -0.05) is 37.6 Å². The second-order valence-corrected chi connectivity index (χ2v) is 5.20. The molecule has 0 aliphatic heterocycles. The van der Waals surface area contributed by atoms with E-state index in [9.17, 15) is 9.59 Å². The number of rotatable bonds is 5. The van der Waals surface area contributed by atoms with Gasteiger partial charge in [-0.25, -0.2) is 0 Å². The fourth-order valence-electron chi connectivity index (χ4n) is 1.48. The van der Waals surface area contributed by atoms with Gasteiger partial charge in [-0.05, 0) is 17.7 Å². The number of aliphatic carboxylic acids is 1. The molecule has 0 saturated heterocycles. The van der Waals surface area contributed by atoms with E-state index in [-0.39, 0.29) is 12.3 Å². The lowest BCUT2D eigenvalue weighted by Crippen LogP contribution is -2.37. The second-order valence-electron chi connectivity index (χ2n) is 4.76. The molecule has 1 aromatic carbocycles. The van der Waals surface area contributed by atoms with Crippen LogP contribution in [0.15, 0.2) is 24.3 Å². The lowest BCUT2D eigenvalue weighted by atomic mass is 9.88. The van der Waals surface area contributed by atoms with Crippen molar-refractivity contribution in [2.75, 3.05) is 0 Å². The molecule has 18 heavy (non-hydrogen) atoms. The molecule has 0 heterocycles. The van der Waals surface area contributed by atoms with Crippen LogP contribution in [0.4, 0.5) is 0 Å². The van der Waals surface area contributed by atoms with Crippen LogP contribution in [-0.4, -0.2) is 17.0 Å². The number of benzene rings is 1. The van der Waals surface area contributed by atoms with Crippen molar-refractivity contribution in [2.45, 2.75) is 26.8 Å². The van der Waals surface area contributed by atoms with Gasteiger partial charge in [0, 0.05) is 11.6 Å². The van der Waals surface area contributed by atoms with Gasteiger partial charge >= 0.3 is 5.97 Å². The SMILES string of the molecule is CC(C)(CC(=O)O)C(=O)NCc1ccc(Cl)cc1. The summed E-state index contributed by atoms with van der Waals surface area (Å²) in [5.74, 6) is -1.26. The Hall–Kier alpha value is -1.55. The Morgan fingerprint density at radius 1 is 1.28 bits per heavy atom. The van der Waals surface area contributed by atoms with Crippen LogP contribution in [0.25, 0.3) is 0 Å². The van der Waals surface area contributed by atoms with Gasteiger partial charge in [0.05, 0.1) is 11.8 Å². The van der Waals surface area contributed by atoms with E-state index in [4.69, 9.17) is 16.7 Å². The largest absolute Gasteiger partial charge is 0.481 e. The zero-order valence-corrected chi connectivity index (χ0v) is 11.1. The third kappa shape index (κ3) is 4.37. The van der Waals surface area contributed by atoms with Gasteiger partial charge in [0.25, 0.3) is 0 Å². The molecule has 0 aliphatic carbocycles. The zero-order valence-electron chi connectivity index (χ0n) is 10.4. The fraction of sp³-hybridized carbons (Fsp3) is 0.385. The smallest absolute Gasteiger partial charge is 0.304 e. The van der Waals surface area contributed by atoms with Crippen LogP contribution in [0.2, 0.25) is 5.02 Å². The van der Waals surface area contributed by atoms with E-state index in [1.54, 1.807) is 26.0 Å². The Balaban J connectivity index is 2.55. The topological polar surface area (TPSA) is 66.4 Å². The van der Waals surface area contributed by atoms with E-state index in [1.807, 2.05) is 12.1 Å². The van der Waals surface area contributed by atoms with Crippen LogP contribution in [0.5, 0.6) is 0 Å². The van der Waals surface area contributed by atoms with Gasteiger partial charge in [0.2, 0.25) is 5.91 Å². The number of halogens is 1. The Kier molecular flexibility index (Phi) is 4.73. The Morgan fingerprint density at radius 2 is 1.83 bits per heavy atom. The quantitative estimate of drug-likeness (QED) is 0.863. The molecule has 0 radical (unpaired) electrons. The average molecular weight is 270 g/mol. The van der Waals surface area contributed by atoms with Gasteiger partial charge in [-0.15, -0.1) is 0 Å². The highest BCUT2D eigenvalue weighted by atomic mass is 35.5. The summed E-state index contributed by atoms with van der Waals surface area (Å²) in [5.41, 5.74) is -0.00277. The van der Waals surface area contributed by atoms with E-state index >= 15 is 0 Å². The first-order chi connectivity index (χ1) is 8.31. The zero-order chi connectivity index (χ0) is 13.8. The lowest BCUT2D eigenvalue weighted by Gasteiger charge is -2.21. The summed E-state index contributed by atoms with van der Waals surface area (Å²) in [4.78, 5) is 22.5. The van der Waals surface area contributed by atoms with Crippen LogP contribution in [0.1, 0.15) is 25.8 Å². The summed E-state index contributed by atoms with van der Waals surface area (Å²) >= 11 is 5.75. The van der Waals surface area contributed by atoms with E-state index in [0.29, 0.717) is 11.6 Å². The number of carbonyl (C=O) groups is 2. The van der Waals surface area contributed by atoms with Crippen LogP contribution in [0.3, 0.4) is 0 Å². The number of hydrogen-bond acceptors (Lipinski definition) is 2. The lowest BCUT2D eigenvalue weighted by molar-refractivity contribution is -0.144. The van der Waals surface area contributed by atoms with Crippen LogP contribution >= 0.6 is 11.6 Å². The van der Waals surface area contributed by atoms with E-state index in [1.165, 1.54) is 0 Å². The summed E-state index contributed by atoms with van der Waals surface area (Å²) in [6, 6.07) is 7.11. The highest BCUT2D eigenvalue weighted by molar-refractivity contribution is 6.30. The van der Waals surface area contributed by atoms with Crippen molar-refractivity contribution in [1.82, 2.24) is 5.32 Å². The number of amides is 1. The normalized spacial score (nSPS) is 11.1. The Labute approximate surface area is 111 Å². The minimum atomic E-state index is -0.985. The summed E-state index contributed by atoms with van der Waals surface area (Å²) in [6.45, 7) is 3.58. The number of hydrogen-bond donors (Lipinski definition) is 2. The molecule has 4 nitrogen and oxygen atoms in total. The van der Waals surface area contributed by atoms with Crippen molar-refractivity contribution in [2.24, 2.45) is 5.41 Å². The monoisotopic (exact) mass is 269 g/mol. The molecule has 2 N–H and O–H groups in total. The molecule has 0 aliphatic rings. The third-order valence-electron chi connectivity index (χ3n) is 2.57. The van der Waals surface area contributed by atoms with Gasteiger partial charge in [-0.3, -0.25) is 9.59 Å². The number of carbonyl (C=O) groups excluding carboxylic acids is 1. The Morgan fingerprint density at radius 3 is 2.33 bits per heavy atom. The van der Waals surface area contributed by atoms with Gasteiger partial charge in [0.15, 0.2) is 0 Å². The summed E-state index contributed by atoms with van der Waals surface area (Å²) in [6.07, 6.45) is -0.195. The molecule has 0 atom stereocenters. The third-order valence-corrected chi connectivity index (χ3v) is 2.83. The van der Waals surface area contributed by atoms with Gasteiger partial charge in [-0.2, -0.15) is 0 Å². The maximum atomic E-state index is 11.8. The number of nitrogens with one attached hydrogen (secondary N) is 1. The summed E-state index contributed by atoms with van der Waals surface area (Å²) < 4.78 is 0. The Bertz CT molecular complexity index is 440. The summed E-state index contributed by atoms with van der Waals surface area (Å²) in [7, 11) is 0. The minimum absolute atomic E-state index is 0.195. The highest BCUT2D eigenvalue weighted by Gasteiger charge is 2.30. The molecule has 0 bridgehead atoms. The molecule has 1 amide bonds. The maximum absolute atomic E-state index is 11.8. The standard InChI is InChI=1S/C13H16ClNO3/c1-13(2,7-11(16)17)12(18)15-8-9-3-5-10(14)6-4-9/h3-6H,7-8H2,1-2H3,(H,15,18)(H,16,17). The predicted octanol–water partition coefficient (Wildman–Crippen LogP) is 2.46. The molecule has 1 rings (SSSR count).